The van der Waals surface area contributed by atoms with E-state index in [-0.39, 0.29) is 11.9 Å². The number of aromatic nitrogens is 1. The van der Waals surface area contributed by atoms with Crippen LogP contribution in [0.2, 0.25) is 0 Å². The molecule has 2 heterocycles. The highest BCUT2D eigenvalue weighted by atomic mass is 32.1. The normalized spacial score (nSPS) is 19.9. The maximum absolute atomic E-state index is 13.6. The Morgan fingerprint density at radius 2 is 2.28 bits per heavy atom. The summed E-state index contributed by atoms with van der Waals surface area (Å²) in [6, 6.07) is 6.69. The number of benzene rings is 1. The van der Waals surface area contributed by atoms with E-state index in [9.17, 15) is 4.39 Å². The van der Waals surface area contributed by atoms with E-state index in [1.807, 2.05) is 11.4 Å². The molecule has 1 atom stereocenters. The van der Waals surface area contributed by atoms with Gasteiger partial charge in [0.15, 0.2) is 0 Å². The molecule has 1 fully saturated rings. The maximum Gasteiger partial charge on any atom is 0.132 e. The first-order valence-electron chi connectivity index (χ1n) is 5.87. The van der Waals surface area contributed by atoms with Crippen LogP contribution < -0.4 is 5.32 Å². The molecule has 18 heavy (non-hydrogen) atoms. The van der Waals surface area contributed by atoms with Gasteiger partial charge in [-0.1, -0.05) is 12.1 Å². The van der Waals surface area contributed by atoms with Gasteiger partial charge >= 0.3 is 0 Å². The molecular formula is C13H13FN2OS. The van der Waals surface area contributed by atoms with Gasteiger partial charge in [0.2, 0.25) is 0 Å². The van der Waals surface area contributed by atoms with Gasteiger partial charge in [0.25, 0.3) is 0 Å². The van der Waals surface area contributed by atoms with Crippen LogP contribution >= 0.6 is 11.3 Å². The van der Waals surface area contributed by atoms with Crippen molar-refractivity contribution in [3.63, 3.8) is 0 Å². The molecule has 0 unspecified atom stereocenters. The van der Waals surface area contributed by atoms with Crippen molar-refractivity contribution in [3.05, 3.63) is 40.5 Å². The van der Waals surface area contributed by atoms with Crippen molar-refractivity contribution in [2.24, 2.45) is 0 Å². The third-order valence-electron chi connectivity index (χ3n) is 2.87. The van der Waals surface area contributed by atoms with Crippen LogP contribution in [0.5, 0.6) is 0 Å². The van der Waals surface area contributed by atoms with Gasteiger partial charge in [0, 0.05) is 24.0 Å². The average molecular weight is 264 g/mol. The summed E-state index contributed by atoms with van der Waals surface area (Å²) >= 11 is 1.52. The minimum absolute atomic E-state index is 0.00993. The van der Waals surface area contributed by atoms with E-state index in [0.29, 0.717) is 17.9 Å². The molecule has 94 valence electrons. The molecule has 1 N–H and O–H groups in total. The number of thiazole rings is 1. The maximum atomic E-state index is 13.6. The topological polar surface area (TPSA) is 34.1 Å². The zero-order chi connectivity index (χ0) is 12.4. The number of halogens is 1. The summed E-state index contributed by atoms with van der Waals surface area (Å²) < 4.78 is 19.3. The lowest BCUT2D eigenvalue weighted by Gasteiger charge is -2.21. The molecule has 0 aliphatic carbocycles. The van der Waals surface area contributed by atoms with Crippen molar-refractivity contribution in [1.82, 2.24) is 10.3 Å². The van der Waals surface area contributed by atoms with Crippen molar-refractivity contribution in [2.75, 3.05) is 19.7 Å². The quantitative estimate of drug-likeness (QED) is 0.905. The number of morpholine rings is 1. The van der Waals surface area contributed by atoms with Gasteiger partial charge in [-0.05, 0) is 12.1 Å². The molecule has 0 saturated carbocycles. The Morgan fingerprint density at radius 3 is 3.06 bits per heavy atom. The molecule has 1 aromatic heterocycles. The monoisotopic (exact) mass is 264 g/mol. The summed E-state index contributed by atoms with van der Waals surface area (Å²) in [4.78, 5) is 4.48. The standard InChI is InChI=1S/C13H13FN2OS/c14-10-4-2-1-3-9(10)11-8-18-13(16-11)12-7-15-5-6-17-12/h1-4,8,12,15H,5-7H2/t12-/m1/s1. The Balaban J connectivity index is 1.87. The van der Waals surface area contributed by atoms with Gasteiger partial charge < -0.3 is 10.1 Å². The molecule has 3 rings (SSSR count). The minimum Gasteiger partial charge on any atom is -0.368 e. The highest BCUT2D eigenvalue weighted by Gasteiger charge is 2.19. The van der Waals surface area contributed by atoms with E-state index >= 15 is 0 Å². The highest BCUT2D eigenvalue weighted by Crippen LogP contribution is 2.28. The molecule has 0 radical (unpaired) electrons. The smallest absolute Gasteiger partial charge is 0.132 e. The second-order valence-corrected chi connectivity index (χ2v) is 5.00. The van der Waals surface area contributed by atoms with Crippen LogP contribution in [0, 0.1) is 5.82 Å². The minimum atomic E-state index is -0.239. The van der Waals surface area contributed by atoms with E-state index < -0.39 is 0 Å². The van der Waals surface area contributed by atoms with Crippen LogP contribution in [-0.2, 0) is 4.74 Å². The van der Waals surface area contributed by atoms with Crippen molar-refractivity contribution in [2.45, 2.75) is 6.10 Å². The molecule has 1 saturated heterocycles. The number of hydrogen-bond donors (Lipinski definition) is 1. The van der Waals surface area contributed by atoms with Crippen LogP contribution in [0.1, 0.15) is 11.1 Å². The molecule has 0 bridgehead atoms. The fraction of sp³-hybridized carbons (Fsp3) is 0.308. The SMILES string of the molecule is Fc1ccccc1-c1csc([C@H]2CNCCO2)n1. The first-order chi connectivity index (χ1) is 8.84. The third-order valence-corrected chi connectivity index (χ3v) is 3.81. The fourth-order valence-corrected chi connectivity index (χ4v) is 2.82. The number of ether oxygens (including phenoxy) is 1. The van der Waals surface area contributed by atoms with Crippen molar-refractivity contribution < 1.29 is 9.13 Å². The van der Waals surface area contributed by atoms with Crippen molar-refractivity contribution in [3.8, 4) is 11.3 Å². The van der Waals surface area contributed by atoms with Gasteiger partial charge in [-0.2, -0.15) is 0 Å². The molecule has 3 nitrogen and oxygen atoms in total. The Labute approximate surface area is 109 Å². The van der Waals surface area contributed by atoms with Crippen LogP contribution in [0.25, 0.3) is 11.3 Å². The van der Waals surface area contributed by atoms with Crippen LogP contribution in [0.3, 0.4) is 0 Å². The Morgan fingerprint density at radius 1 is 1.39 bits per heavy atom. The zero-order valence-corrected chi connectivity index (χ0v) is 10.5. The first kappa shape index (κ1) is 11.8. The van der Waals surface area contributed by atoms with Gasteiger partial charge in [0.1, 0.15) is 16.9 Å². The lowest BCUT2D eigenvalue weighted by molar-refractivity contribution is 0.0276. The van der Waals surface area contributed by atoms with Gasteiger partial charge in [-0.3, -0.25) is 0 Å². The van der Waals surface area contributed by atoms with E-state index in [1.165, 1.54) is 17.4 Å². The van der Waals surface area contributed by atoms with Crippen molar-refractivity contribution in [1.29, 1.82) is 0 Å². The number of nitrogens with one attached hydrogen (secondary N) is 1. The molecule has 2 aromatic rings. The highest BCUT2D eigenvalue weighted by molar-refractivity contribution is 7.10. The predicted molar refractivity (Wildman–Crippen MR) is 69.1 cm³/mol. The molecule has 5 heteroatoms. The van der Waals surface area contributed by atoms with Gasteiger partial charge in [0.05, 0.1) is 12.3 Å². The zero-order valence-electron chi connectivity index (χ0n) is 9.73. The molecule has 0 spiro atoms. The summed E-state index contributed by atoms with van der Waals surface area (Å²) in [6.45, 7) is 2.34. The van der Waals surface area contributed by atoms with E-state index in [0.717, 1.165) is 18.1 Å². The summed E-state index contributed by atoms with van der Waals surface area (Å²) in [5.74, 6) is -0.239. The summed E-state index contributed by atoms with van der Waals surface area (Å²) in [6.07, 6.45) is -0.00993. The van der Waals surface area contributed by atoms with E-state index in [1.54, 1.807) is 12.1 Å². The van der Waals surface area contributed by atoms with Gasteiger partial charge in [-0.15, -0.1) is 11.3 Å². The number of rotatable bonds is 2. The number of hydrogen-bond acceptors (Lipinski definition) is 4. The number of nitrogens with zero attached hydrogens (tertiary/aromatic N) is 1. The van der Waals surface area contributed by atoms with E-state index in [2.05, 4.69) is 10.3 Å². The lowest BCUT2D eigenvalue weighted by Crippen LogP contribution is -2.33. The van der Waals surface area contributed by atoms with E-state index in [4.69, 9.17) is 4.74 Å². The van der Waals surface area contributed by atoms with Crippen LogP contribution in [0.15, 0.2) is 29.6 Å². The fourth-order valence-electron chi connectivity index (χ4n) is 1.95. The molecule has 1 aromatic carbocycles. The third kappa shape index (κ3) is 2.29. The lowest BCUT2D eigenvalue weighted by atomic mass is 10.1. The van der Waals surface area contributed by atoms with Crippen molar-refractivity contribution >= 4 is 11.3 Å². The van der Waals surface area contributed by atoms with Crippen LogP contribution in [0.4, 0.5) is 4.39 Å². The molecule has 0 amide bonds. The summed E-state index contributed by atoms with van der Waals surface area (Å²) in [7, 11) is 0. The largest absolute Gasteiger partial charge is 0.368 e. The van der Waals surface area contributed by atoms with Crippen LogP contribution in [-0.4, -0.2) is 24.7 Å². The second kappa shape index (κ2) is 5.14. The molecular weight excluding hydrogens is 251 g/mol. The van der Waals surface area contributed by atoms with Gasteiger partial charge in [-0.25, -0.2) is 9.37 Å². The Kier molecular flexibility index (Phi) is 3.36. The first-order valence-corrected chi connectivity index (χ1v) is 6.75. The predicted octanol–water partition coefficient (Wildman–Crippen LogP) is 2.61. The Bertz CT molecular complexity index is 537. The average Bonchev–Trinajstić information content (AvgIpc) is 2.90. The second-order valence-electron chi connectivity index (χ2n) is 4.11. The summed E-state index contributed by atoms with van der Waals surface area (Å²) in [5.41, 5.74) is 1.23. The summed E-state index contributed by atoms with van der Waals surface area (Å²) in [5, 5.41) is 6.05. The molecule has 1 aliphatic rings. The Hall–Kier alpha value is -1.30. The molecule has 1 aliphatic heterocycles.